The molecule has 0 aliphatic carbocycles. The fourth-order valence-corrected chi connectivity index (χ4v) is 3.33. The van der Waals surface area contributed by atoms with Crippen LogP contribution < -0.4 is 11.1 Å². The third-order valence-corrected chi connectivity index (χ3v) is 4.90. The van der Waals surface area contributed by atoms with Crippen molar-refractivity contribution < 1.29 is 9.90 Å². The van der Waals surface area contributed by atoms with Crippen molar-refractivity contribution in [3.63, 3.8) is 0 Å². The van der Waals surface area contributed by atoms with Crippen LogP contribution in [0.25, 0.3) is 6.08 Å². The molecule has 1 aliphatic heterocycles. The molecule has 1 saturated heterocycles. The van der Waals surface area contributed by atoms with Gasteiger partial charge in [0, 0.05) is 30.8 Å². The minimum absolute atomic E-state index is 0.0439. The number of benzene rings is 2. The van der Waals surface area contributed by atoms with Gasteiger partial charge in [-0.05, 0) is 55.2 Å². The number of carbonyl (C=O) groups is 1. The Morgan fingerprint density at radius 2 is 2.00 bits per heavy atom. The Kier molecular flexibility index (Phi) is 5.99. The molecule has 6 heteroatoms. The molecule has 1 amide bonds. The summed E-state index contributed by atoms with van der Waals surface area (Å²) < 4.78 is 0. The lowest BCUT2D eigenvalue weighted by atomic mass is 10.0. The largest absolute Gasteiger partial charge is 0.506 e. The molecule has 2 aromatic carbocycles. The minimum atomic E-state index is -0.0439. The predicted molar refractivity (Wildman–Crippen MR) is 113 cm³/mol. The number of nitrogens with two attached hydrogens (primary N) is 1. The Morgan fingerprint density at radius 3 is 2.68 bits per heavy atom. The summed E-state index contributed by atoms with van der Waals surface area (Å²) in [6.07, 6.45) is 6.08. The van der Waals surface area contributed by atoms with E-state index in [9.17, 15) is 9.90 Å². The number of aryl methyl sites for hydroxylation is 1. The van der Waals surface area contributed by atoms with Gasteiger partial charge in [-0.25, -0.2) is 0 Å². The lowest BCUT2D eigenvalue weighted by Gasteiger charge is -2.16. The van der Waals surface area contributed by atoms with Crippen LogP contribution in [0.2, 0.25) is 0 Å². The normalized spacial score (nSPS) is 13.8. The van der Waals surface area contributed by atoms with E-state index in [1.807, 2.05) is 42.2 Å². The third kappa shape index (κ3) is 4.52. The van der Waals surface area contributed by atoms with Crippen molar-refractivity contribution in [2.45, 2.75) is 19.8 Å². The van der Waals surface area contributed by atoms with Crippen LogP contribution in [-0.2, 0) is 0 Å². The Balaban J connectivity index is 1.62. The zero-order valence-corrected chi connectivity index (χ0v) is 16.0. The standard InChI is InChI=1S/C22H26N4O2/c1-15-13-16(6-8-18(15)22(28)26-11-2-3-12-26)5-4-10-25-19-14-17(21(23)24)7-9-20(19)27/h4-9,13-14,25,27H,2-3,10-12H2,1H3,(H3,23,24)/b5-4+. The Labute approximate surface area is 165 Å². The van der Waals surface area contributed by atoms with E-state index in [-0.39, 0.29) is 17.5 Å². The first-order valence-corrected chi connectivity index (χ1v) is 9.43. The number of phenolic OH excluding ortho intramolecular Hbond substituents is 1. The molecule has 0 unspecified atom stereocenters. The fourth-order valence-electron chi connectivity index (χ4n) is 3.33. The highest BCUT2D eigenvalue weighted by Crippen LogP contribution is 2.24. The topological polar surface area (TPSA) is 102 Å². The molecule has 0 radical (unpaired) electrons. The van der Waals surface area contributed by atoms with Crippen molar-refractivity contribution in [2.75, 3.05) is 25.0 Å². The lowest BCUT2D eigenvalue weighted by Crippen LogP contribution is -2.28. The number of nitrogen functional groups attached to an aromatic ring is 1. The van der Waals surface area contributed by atoms with E-state index in [0.717, 1.165) is 42.6 Å². The van der Waals surface area contributed by atoms with Crippen molar-refractivity contribution in [3.05, 3.63) is 64.7 Å². The number of nitrogens with zero attached hydrogens (tertiary/aromatic N) is 1. The summed E-state index contributed by atoms with van der Waals surface area (Å²) in [5.41, 5.74) is 9.32. The molecule has 0 atom stereocenters. The molecule has 5 N–H and O–H groups in total. The van der Waals surface area contributed by atoms with E-state index in [1.165, 1.54) is 6.07 Å². The highest BCUT2D eigenvalue weighted by atomic mass is 16.3. The molecule has 0 saturated carbocycles. The minimum Gasteiger partial charge on any atom is -0.506 e. The summed E-state index contributed by atoms with van der Waals surface area (Å²) >= 11 is 0. The molecule has 2 aromatic rings. The second-order valence-corrected chi connectivity index (χ2v) is 7.00. The zero-order chi connectivity index (χ0) is 20.1. The quantitative estimate of drug-likeness (QED) is 0.352. The highest BCUT2D eigenvalue weighted by Gasteiger charge is 2.20. The first-order chi connectivity index (χ1) is 13.5. The van der Waals surface area contributed by atoms with Gasteiger partial charge < -0.3 is 21.1 Å². The average Bonchev–Trinajstić information content (AvgIpc) is 3.20. The number of amidine groups is 1. The number of phenols is 1. The van der Waals surface area contributed by atoms with Crippen LogP contribution in [0.3, 0.4) is 0 Å². The van der Waals surface area contributed by atoms with Crippen molar-refractivity contribution >= 4 is 23.5 Å². The first-order valence-electron chi connectivity index (χ1n) is 9.43. The number of carbonyl (C=O) groups excluding carboxylic acids is 1. The van der Waals surface area contributed by atoms with Gasteiger partial charge in [-0.15, -0.1) is 0 Å². The number of likely N-dealkylation sites (tertiary alicyclic amines) is 1. The first kappa shape index (κ1) is 19.5. The van der Waals surface area contributed by atoms with Crippen molar-refractivity contribution in [3.8, 4) is 5.75 Å². The van der Waals surface area contributed by atoms with Gasteiger partial charge in [-0.2, -0.15) is 0 Å². The lowest BCUT2D eigenvalue weighted by molar-refractivity contribution is 0.0792. The number of anilines is 1. The maximum absolute atomic E-state index is 12.6. The number of rotatable bonds is 6. The number of amides is 1. The maximum Gasteiger partial charge on any atom is 0.254 e. The molecular weight excluding hydrogens is 352 g/mol. The van der Waals surface area contributed by atoms with E-state index < -0.39 is 0 Å². The van der Waals surface area contributed by atoms with Gasteiger partial charge in [-0.1, -0.05) is 24.3 Å². The summed E-state index contributed by atoms with van der Waals surface area (Å²) in [6, 6.07) is 10.6. The third-order valence-electron chi connectivity index (χ3n) is 4.90. The van der Waals surface area contributed by atoms with Crippen LogP contribution in [0.15, 0.2) is 42.5 Å². The maximum atomic E-state index is 12.6. The van der Waals surface area contributed by atoms with Crippen LogP contribution in [0.4, 0.5) is 5.69 Å². The molecule has 146 valence electrons. The van der Waals surface area contributed by atoms with Crippen LogP contribution in [0.1, 0.15) is 39.9 Å². The summed E-state index contributed by atoms with van der Waals surface area (Å²) in [5, 5.41) is 20.5. The number of hydrogen-bond acceptors (Lipinski definition) is 4. The molecule has 0 aromatic heterocycles. The van der Waals surface area contributed by atoms with E-state index >= 15 is 0 Å². The molecule has 0 bridgehead atoms. The molecule has 28 heavy (non-hydrogen) atoms. The Hall–Kier alpha value is -3.28. The average molecular weight is 378 g/mol. The molecule has 6 nitrogen and oxygen atoms in total. The van der Waals surface area contributed by atoms with Gasteiger partial charge in [0.05, 0.1) is 5.69 Å². The van der Waals surface area contributed by atoms with Gasteiger partial charge in [-0.3, -0.25) is 10.2 Å². The van der Waals surface area contributed by atoms with Gasteiger partial charge in [0.15, 0.2) is 0 Å². The second kappa shape index (κ2) is 8.61. The summed E-state index contributed by atoms with van der Waals surface area (Å²) in [5.74, 6) is 0.185. The molecule has 3 rings (SSSR count). The van der Waals surface area contributed by atoms with Gasteiger partial charge >= 0.3 is 0 Å². The van der Waals surface area contributed by atoms with Crippen LogP contribution >= 0.6 is 0 Å². The van der Waals surface area contributed by atoms with E-state index in [0.29, 0.717) is 17.8 Å². The zero-order valence-electron chi connectivity index (χ0n) is 16.0. The molecule has 1 aliphatic rings. The molecule has 0 spiro atoms. The fraction of sp³-hybridized carbons (Fsp3) is 0.273. The molecule has 1 heterocycles. The SMILES string of the molecule is Cc1cc(/C=C/CNc2cc(C(=N)N)ccc2O)ccc1C(=O)N1CCCC1. The van der Waals surface area contributed by atoms with E-state index in [2.05, 4.69) is 5.32 Å². The summed E-state index contributed by atoms with van der Waals surface area (Å²) in [7, 11) is 0. The van der Waals surface area contributed by atoms with Crippen molar-refractivity contribution in [1.82, 2.24) is 4.90 Å². The van der Waals surface area contributed by atoms with Gasteiger partial charge in [0.1, 0.15) is 11.6 Å². The number of aromatic hydroxyl groups is 1. The Bertz CT molecular complexity index is 915. The highest BCUT2D eigenvalue weighted by molar-refractivity contribution is 5.96. The smallest absolute Gasteiger partial charge is 0.254 e. The van der Waals surface area contributed by atoms with Crippen LogP contribution in [0.5, 0.6) is 5.75 Å². The molecular formula is C22H26N4O2. The van der Waals surface area contributed by atoms with Crippen molar-refractivity contribution in [1.29, 1.82) is 5.41 Å². The van der Waals surface area contributed by atoms with Gasteiger partial charge in [0.25, 0.3) is 5.91 Å². The van der Waals surface area contributed by atoms with Gasteiger partial charge in [0.2, 0.25) is 0 Å². The second-order valence-electron chi connectivity index (χ2n) is 7.00. The van der Waals surface area contributed by atoms with Crippen LogP contribution in [-0.4, -0.2) is 41.4 Å². The van der Waals surface area contributed by atoms with E-state index in [4.69, 9.17) is 11.1 Å². The monoisotopic (exact) mass is 378 g/mol. The Morgan fingerprint density at radius 1 is 1.25 bits per heavy atom. The number of hydrogen-bond donors (Lipinski definition) is 4. The molecule has 1 fully saturated rings. The summed E-state index contributed by atoms with van der Waals surface area (Å²) in [4.78, 5) is 14.5. The summed E-state index contributed by atoms with van der Waals surface area (Å²) in [6.45, 7) is 4.17. The predicted octanol–water partition coefficient (Wildman–Crippen LogP) is 3.35. The van der Waals surface area contributed by atoms with Crippen molar-refractivity contribution in [2.24, 2.45) is 5.73 Å². The van der Waals surface area contributed by atoms with Crippen LogP contribution in [0, 0.1) is 12.3 Å². The number of nitrogens with one attached hydrogen (secondary N) is 2. The van der Waals surface area contributed by atoms with E-state index in [1.54, 1.807) is 12.1 Å².